The maximum absolute atomic E-state index is 11.0. The van der Waals surface area contributed by atoms with Crippen LogP contribution < -0.4 is 0 Å². The first-order valence-electron chi connectivity index (χ1n) is 9.59. The molecule has 0 aliphatic heterocycles. The average molecular weight is 360 g/mol. The summed E-state index contributed by atoms with van der Waals surface area (Å²) in [5.74, 6) is 0. The second-order valence-corrected chi connectivity index (χ2v) is 5.96. The van der Waals surface area contributed by atoms with Crippen molar-refractivity contribution in [1.82, 2.24) is 0 Å². The number of nitrogens with zero attached hydrogens (tertiary/aromatic N) is 1. The lowest BCUT2D eigenvalue weighted by molar-refractivity contribution is -0.427. The Kier molecular flexibility index (Phi) is 17.5. The van der Waals surface area contributed by atoms with E-state index in [1.807, 2.05) is 12.2 Å². The first-order valence-corrected chi connectivity index (χ1v) is 9.59. The van der Waals surface area contributed by atoms with Crippen LogP contribution in [0.3, 0.4) is 0 Å². The third-order valence-electron chi connectivity index (χ3n) is 3.69. The van der Waals surface area contributed by atoms with Gasteiger partial charge in [-0.3, -0.25) is 10.1 Å². The highest BCUT2D eigenvalue weighted by molar-refractivity contribution is 5.48. The monoisotopic (exact) mass is 359 g/mol. The highest BCUT2D eigenvalue weighted by Gasteiger charge is 2.06. The number of hydrogen-bond acceptors (Lipinski definition) is 3. The molecular formula is C22H33NO3. The molecule has 0 atom stereocenters. The third-order valence-corrected chi connectivity index (χ3v) is 3.69. The normalized spacial score (nSPS) is 12.9. The standard InChI is InChI=1S/C22H33NO3/c1-2-3-4-5-6-7-8-9-10-11-13-16-19-22(23(25)26)20-17-14-12-15-18-21-24/h3-4,6-7,9-10,13,16,20-21H,2,5,8,11-12,14-15,17-19H2,1H3/b4-3-,7-6-,10-9-,16-13-,22-20+. The number of rotatable bonds is 16. The van der Waals surface area contributed by atoms with E-state index >= 15 is 0 Å². The topological polar surface area (TPSA) is 60.2 Å². The molecule has 0 heterocycles. The van der Waals surface area contributed by atoms with Crippen LogP contribution in [0.25, 0.3) is 0 Å². The molecule has 0 amide bonds. The van der Waals surface area contributed by atoms with Crippen molar-refractivity contribution in [1.29, 1.82) is 0 Å². The molecule has 26 heavy (non-hydrogen) atoms. The van der Waals surface area contributed by atoms with Crippen molar-refractivity contribution < 1.29 is 9.72 Å². The summed E-state index contributed by atoms with van der Waals surface area (Å²) in [4.78, 5) is 20.9. The van der Waals surface area contributed by atoms with Gasteiger partial charge in [0.15, 0.2) is 0 Å². The highest BCUT2D eigenvalue weighted by atomic mass is 16.6. The Morgan fingerprint density at radius 2 is 1.35 bits per heavy atom. The van der Waals surface area contributed by atoms with Crippen molar-refractivity contribution in [2.75, 3.05) is 0 Å². The number of hydrogen-bond donors (Lipinski definition) is 0. The van der Waals surface area contributed by atoms with Gasteiger partial charge in [0, 0.05) is 6.42 Å². The molecule has 4 nitrogen and oxygen atoms in total. The van der Waals surface area contributed by atoms with Crippen LogP contribution in [0.2, 0.25) is 0 Å². The fourth-order valence-corrected chi connectivity index (χ4v) is 2.23. The van der Waals surface area contributed by atoms with Gasteiger partial charge in [0.2, 0.25) is 5.70 Å². The summed E-state index contributed by atoms with van der Waals surface area (Å²) in [7, 11) is 0. The Balaban J connectivity index is 3.95. The van der Waals surface area contributed by atoms with E-state index < -0.39 is 0 Å². The van der Waals surface area contributed by atoms with Gasteiger partial charge in [0.25, 0.3) is 0 Å². The van der Waals surface area contributed by atoms with Crippen molar-refractivity contribution in [3.05, 3.63) is 70.5 Å². The molecule has 0 N–H and O–H groups in total. The summed E-state index contributed by atoms with van der Waals surface area (Å²) >= 11 is 0. The van der Waals surface area contributed by atoms with Crippen molar-refractivity contribution >= 4 is 6.29 Å². The van der Waals surface area contributed by atoms with Gasteiger partial charge >= 0.3 is 0 Å². The van der Waals surface area contributed by atoms with Crippen LogP contribution >= 0.6 is 0 Å². The van der Waals surface area contributed by atoms with Gasteiger partial charge < -0.3 is 4.79 Å². The molecule has 0 aromatic carbocycles. The maximum atomic E-state index is 11.0. The maximum Gasteiger partial charge on any atom is 0.246 e. The van der Waals surface area contributed by atoms with Crippen molar-refractivity contribution in [3.63, 3.8) is 0 Å². The van der Waals surface area contributed by atoms with Crippen LogP contribution in [0.15, 0.2) is 60.4 Å². The van der Waals surface area contributed by atoms with Gasteiger partial charge in [0.05, 0.1) is 11.3 Å². The Morgan fingerprint density at radius 3 is 1.88 bits per heavy atom. The van der Waals surface area contributed by atoms with Gasteiger partial charge in [-0.2, -0.15) is 0 Å². The molecule has 0 aromatic rings. The molecule has 0 saturated heterocycles. The van der Waals surface area contributed by atoms with Gasteiger partial charge in [-0.05, 0) is 51.0 Å². The first kappa shape index (κ1) is 23.8. The predicted octanol–water partition coefficient (Wildman–Crippen LogP) is 6.49. The summed E-state index contributed by atoms with van der Waals surface area (Å²) in [5, 5.41) is 11.0. The van der Waals surface area contributed by atoms with Gasteiger partial charge in [-0.25, -0.2) is 0 Å². The smallest absolute Gasteiger partial charge is 0.246 e. The van der Waals surface area contributed by atoms with E-state index in [0.717, 1.165) is 51.2 Å². The molecule has 144 valence electrons. The minimum Gasteiger partial charge on any atom is -0.303 e. The van der Waals surface area contributed by atoms with Crippen LogP contribution in [0.4, 0.5) is 0 Å². The Labute approximate surface area is 158 Å². The molecule has 0 bridgehead atoms. The highest BCUT2D eigenvalue weighted by Crippen LogP contribution is 2.09. The molecule has 0 spiro atoms. The molecule has 0 saturated carbocycles. The number of nitro groups is 1. The predicted molar refractivity (Wildman–Crippen MR) is 110 cm³/mol. The van der Waals surface area contributed by atoms with E-state index in [2.05, 4.69) is 43.4 Å². The van der Waals surface area contributed by atoms with E-state index in [9.17, 15) is 14.9 Å². The molecule has 0 aliphatic rings. The summed E-state index contributed by atoms with van der Waals surface area (Å²) < 4.78 is 0. The lowest BCUT2D eigenvalue weighted by Gasteiger charge is -1.96. The van der Waals surface area contributed by atoms with Crippen molar-refractivity contribution in [3.8, 4) is 0 Å². The van der Waals surface area contributed by atoms with Crippen LogP contribution in [0.1, 0.15) is 71.1 Å². The van der Waals surface area contributed by atoms with E-state index in [-0.39, 0.29) is 10.6 Å². The average Bonchev–Trinajstić information content (AvgIpc) is 2.63. The minimum absolute atomic E-state index is 0.253. The summed E-state index contributed by atoms with van der Waals surface area (Å²) in [6.07, 6.45) is 27.3. The zero-order valence-corrected chi connectivity index (χ0v) is 16.0. The summed E-state index contributed by atoms with van der Waals surface area (Å²) in [5.41, 5.74) is 0.253. The van der Waals surface area contributed by atoms with E-state index in [0.29, 0.717) is 19.3 Å². The van der Waals surface area contributed by atoms with Gasteiger partial charge in [0.1, 0.15) is 6.29 Å². The Bertz CT molecular complexity index is 513. The minimum atomic E-state index is -0.302. The van der Waals surface area contributed by atoms with Crippen LogP contribution in [0.5, 0.6) is 0 Å². The SMILES string of the molecule is CC/C=C\C/C=C\C/C=C\C/C=C\C/C(=C\CCCCCC=O)[N+](=O)[O-]. The fraction of sp³-hybridized carbons (Fsp3) is 0.500. The number of allylic oxidation sites excluding steroid dienone is 9. The van der Waals surface area contributed by atoms with E-state index in [1.165, 1.54) is 0 Å². The number of carbonyl (C=O) groups excluding carboxylic acids is 1. The van der Waals surface area contributed by atoms with Crippen LogP contribution in [-0.4, -0.2) is 11.2 Å². The Hall–Kier alpha value is -2.23. The molecule has 0 rings (SSSR count). The number of aldehydes is 1. The largest absolute Gasteiger partial charge is 0.303 e. The van der Waals surface area contributed by atoms with Gasteiger partial charge in [-0.1, -0.05) is 62.0 Å². The molecule has 0 radical (unpaired) electrons. The molecule has 4 heteroatoms. The Morgan fingerprint density at radius 1 is 0.808 bits per heavy atom. The van der Waals surface area contributed by atoms with E-state index in [1.54, 1.807) is 6.08 Å². The summed E-state index contributed by atoms with van der Waals surface area (Å²) in [6, 6.07) is 0. The second-order valence-electron chi connectivity index (χ2n) is 5.96. The molecule has 0 fully saturated rings. The zero-order chi connectivity index (χ0) is 19.3. The third kappa shape index (κ3) is 16.6. The van der Waals surface area contributed by atoms with Crippen molar-refractivity contribution in [2.24, 2.45) is 0 Å². The second kappa shape index (κ2) is 19.1. The quantitative estimate of drug-likeness (QED) is 0.104. The zero-order valence-electron chi connectivity index (χ0n) is 16.0. The van der Waals surface area contributed by atoms with Crippen molar-refractivity contribution in [2.45, 2.75) is 71.1 Å². The van der Waals surface area contributed by atoms with Gasteiger partial charge in [-0.15, -0.1) is 0 Å². The molecule has 0 aromatic heterocycles. The number of carbonyl (C=O) groups is 1. The van der Waals surface area contributed by atoms with Crippen LogP contribution in [-0.2, 0) is 4.79 Å². The number of unbranched alkanes of at least 4 members (excludes halogenated alkanes) is 4. The molecule has 0 aliphatic carbocycles. The molecular weight excluding hydrogens is 326 g/mol. The fourth-order valence-electron chi connectivity index (χ4n) is 2.23. The lowest BCUT2D eigenvalue weighted by atomic mass is 10.1. The first-order chi connectivity index (χ1) is 12.7. The molecule has 0 unspecified atom stereocenters. The summed E-state index contributed by atoms with van der Waals surface area (Å²) in [6.45, 7) is 2.12. The van der Waals surface area contributed by atoms with E-state index in [4.69, 9.17) is 0 Å². The van der Waals surface area contributed by atoms with Crippen LogP contribution in [0, 0.1) is 10.1 Å². The lowest BCUT2D eigenvalue weighted by Crippen LogP contribution is -1.97.